The molecule has 3 atom stereocenters. The molecule has 2 radical (unpaired) electrons. The van der Waals surface area contributed by atoms with Gasteiger partial charge in [0.25, 0.3) is 0 Å². The summed E-state index contributed by atoms with van der Waals surface area (Å²) in [4.78, 5) is 26.4. The molecule has 0 bridgehead atoms. The molecule has 1 aromatic rings. The molecule has 24 heavy (non-hydrogen) atoms. The first-order valence-corrected chi connectivity index (χ1v) is 8.92. The van der Waals surface area contributed by atoms with Crippen LogP contribution in [0.5, 0.6) is 0 Å². The van der Waals surface area contributed by atoms with Crippen molar-refractivity contribution in [3.05, 3.63) is 29.8 Å². The molecule has 0 aliphatic carbocycles. The zero-order valence-corrected chi connectivity index (χ0v) is 15.5. The first kappa shape index (κ1) is 18.8. The van der Waals surface area contributed by atoms with Crippen molar-refractivity contribution in [2.45, 2.75) is 65.1 Å². The standard InChI is InChI=1S/C20H28BNO2/c1-6-7-13(2)17-12-18(23)22(19(17)24)16-10-8-15(9-11-16)14(3)20(4,5)21/h8-11,13-14,17H,6-7,12H2,1-5H3. The lowest BCUT2D eigenvalue weighted by molar-refractivity contribution is -0.122. The smallest absolute Gasteiger partial charge is 0.237 e. The molecule has 0 N–H and O–H groups in total. The van der Waals surface area contributed by atoms with Gasteiger partial charge in [-0.15, -0.1) is 0 Å². The van der Waals surface area contributed by atoms with Gasteiger partial charge in [0.05, 0.1) is 19.5 Å². The third kappa shape index (κ3) is 3.74. The van der Waals surface area contributed by atoms with Gasteiger partial charge >= 0.3 is 0 Å². The highest BCUT2D eigenvalue weighted by molar-refractivity contribution is 6.21. The lowest BCUT2D eigenvalue weighted by atomic mass is 9.62. The highest BCUT2D eigenvalue weighted by atomic mass is 16.2. The van der Waals surface area contributed by atoms with Crippen LogP contribution in [0.2, 0.25) is 5.31 Å². The van der Waals surface area contributed by atoms with Crippen molar-refractivity contribution in [1.29, 1.82) is 0 Å². The molecule has 3 unspecified atom stereocenters. The molecule has 1 aromatic carbocycles. The SMILES string of the molecule is [B]C(C)(C)C(C)c1ccc(N2C(=O)CC(C(C)CCC)C2=O)cc1. The number of rotatable bonds is 6. The number of imide groups is 1. The predicted octanol–water partition coefficient (Wildman–Crippen LogP) is 4.47. The van der Waals surface area contributed by atoms with Gasteiger partial charge in [-0.1, -0.05) is 64.9 Å². The number of nitrogens with zero attached hydrogens (tertiary/aromatic N) is 1. The summed E-state index contributed by atoms with van der Waals surface area (Å²) in [5.74, 6) is 0.107. The van der Waals surface area contributed by atoms with Crippen LogP contribution in [0, 0.1) is 11.8 Å². The maximum Gasteiger partial charge on any atom is 0.237 e. The highest BCUT2D eigenvalue weighted by Crippen LogP contribution is 2.39. The Hall–Kier alpha value is -1.58. The van der Waals surface area contributed by atoms with Gasteiger partial charge in [-0.25, -0.2) is 0 Å². The van der Waals surface area contributed by atoms with E-state index in [1.165, 1.54) is 4.90 Å². The van der Waals surface area contributed by atoms with Gasteiger partial charge in [-0.2, -0.15) is 0 Å². The Kier molecular flexibility index (Phi) is 5.57. The van der Waals surface area contributed by atoms with E-state index in [1.54, 1.807) is 0 Å². The predicted molar refractivity (Wildman–Crippen MR) is 99.3 cm³/mol. The number of amides is 2. The summed E-state index contributed by atoms with van der Waals surface area (Å²) in [5, 5.41) is -0.318. The zero-order valence-electron chi connectivity index (χ0n) is 15.5. The fourth-order valence-electron chi connectivity index (χ4n) is 3.37. The fraction of sp³-hybridized carbons (Fsp3) is 0.600. The molecule has 1 heterocycles. The van der Waals surface area contributed by atoms with Gasteiger partial charge in [-0.3, -0.25) is 14.5 Å². The molecular weight excluding hydrogens is 297 g/mol. The Labute approximate surface area is 147 Å². The quantitative estimate of drug-likeness (QED) is 0.571. The van der Waals surface area contributed by atoms with Crippen LogP contribution in [0.4, 0.5) is 5.69 Å². The van der Waals surface area contributed by atoms with Crippen molar-refractivity contribution >= 4 is 25.3 Å². The van der Waals surface area contributed by atoms with Crippen LogP contribution >= 0.6 is 0 Å². The van der Waals surface area contributed by atoms with Gasteiger partial charge < -0.3 is 0 Å². The zero-order chi connectivity index (χ0) is 18.1. The highest BCUT2D eigenvalue weighted by Gasteiger charge is 2.41. The third-order valence-electron chi connectivity index (χ3n) is 5.38. The summed E-state index contributed by atoms with van der Waals surface area (Å²) in [6.07, 6.45) is 2.33. The van der Waals surface area contributed by atoms with Crippen LogP contribution in [0.15, 0.2) is 24.3 Å². The Balaban J connectivity index is 2.20. The molecule has 1 fully saturated rings. The van der Waals surface area contributed by atoms with Crippen LogP contribution in [0.25, 0.3) is 0 Å². The molecule has 1 saturated heterocycles. The van der Waals surface area contributed by atoms with E-state index in [0.29, 0.717) is 12.1 Å². The summed E-state index contributed by atoms with van der Waals surface area (Å²) in [6.45, 7) is 10.3. The number of anilines is 1. The van der Waals surface area contributed by atoms with E-state index in [2.05, 4.69) is 20.8 Å². The first-order chi connectivity index (χ1) is 11.2. The van der Waals surface area contributed by atoms with Crippen molar-refractivity contribution in [3.8, 4) is 0 Å². The second-order valence-corrected chi connectivity index (χ2v) is 7.78. The van der Waals surface area contributed by atoms with Crippen molar-refractivity contribution in [2.24, 2.45) is 11.8 Å². The molecule has 4 heteroatoms. The molecular formula is C20H28BNO2. The third-order valence-corrected chi connectivity index (χ3v) is 5.38. The minimum absolute atomic E-state index is 0.0547. The van der Waals surface area contributed by atoms with Crippen molar-refractivity contribution in [2.75, 3.05) is 4.90 Å². The van der Waals surface area contributed by atoms with Gasteiger partial charge in [0.1, 0.15) is 0 Å². The van der Waals surface area contributed by atoms with Crippen LogP contribution in [0.1, 0.15) is 65.4 Å². The maximum atomic E-state index is 12.7. The molecule has 2 rings (SSSR count). The van der Waals surface area contributed by atoms with E-state index in [1.807, 2.05) is 38.1 Å². The summed E-state index contributed by atoms with van der Waals surface area (Å²) in [5.41, 5.74) is 1.78. The van der Waals surface area contributed by atoms with Crippen molar-refractivity contribution < 1.29 is 9.59 Å². The number of benzene rings is 1. The molecule has 1 aliphatic heterocycles. The average molecular weight is 325 g/mol. The number of carbonyl (C=O) groups is 2. The lowest BCUT2D eigenvalue weighted by Gasteiger charge is -2.28. The Morgan fingerprint density at radius 1 is 1.21 bits per heavy atom. The van der Waals surface area contributed by atoms with Crippen LogP contribution in [-0.2, 0) is 9.59 Å². The Morgan fingerprint density at radius 2 is 1.79 bits per heavy atom. The minimum Gasteiger partial charge on any atom is -0.274 e. The molecule has 3 nitrogen and oxygen atoms in total. The normalized spacial score (nSPS) is 21.2. The monoisotopic (exact) mass is 325 g/mol. The van der Waals surface area contributed by atoms with E-state index in [9.17, 15) is 9.59 Å². The Morgan fingerprint density at radius 3 is 2.29 bits per heavy atom. The fourth-order valence-corrected chi connectivity index (χ4v) is 3.37. The first-order valence-electron chi connectivity index (χ1n) is 8.92. The molecule has 128 valence electrons. The summed E-state index contributed by atoms with van der Waals surface area (Å²) >= 11 is 0. The second kappa shape index (κ2) is 7.12. The van der Waals surface area contributed by atoms with E-state index in [0.717, 1.165) is 18.4 Å². The number of carbonyl (C=O) groups excluding carboxylic acids is 2. The van der Waals surface area contributed by atoms with Crippen LogP contribution < -0.4 is 4.90 Å². The molecule has 0 saturated carbocycles. The second-order valence-electron chi connectivity index (χ2n) is 7.78. The van der Waals surface area contributed by atoms with Crippen LogP contribution in [0.3, 0.4) is 0 Å². The van der Waals surface area contributed by atoms with E-state index < -0.39 is 0 Å². The van der Waals surface area contributed by atoms with Crippen molar-refractivity contribution in [1.82, 2.24) is 0 Å². The van der Waals surface area contributed by atoms with Crippen molar-refractivity contribution in [3.63, 3.8) is 0 Å². The van der Waals surface area contributed by atoms with E-state index in [-0.39, 0.29) is 34.9 Å². The maximum absolute atomic E-state index is 12.7. The van der Waals surface area contributed by atoms with Gasteiger partial charge in [0.15, 0.2) is 0 Å². The molecule has 1 aliphatic rings. The average Bonchev–Trinajstić information content (AvgIpc) is 2.81. The van der Waals surface area contributed by atoms with Gasteiger partial charge in [0, 0.05) is 6.42 Å². The van der Waals surface area contributed by atoms with Gasteiger partial charge in [0.2, 0.25) is 11.8 Å². The number of hydrogen-bond donors (Lipinski definition) is 0. The summed E-state index contributed by atoms with van der Waals surface area (Å²) in [6, 6.07) is 7.66. The van der Waals surface area contributed by atoms with E-state index in [4.69, 9.17) is 7.85 Å². The summed E-state index contributed by atoms with van der Waals surface area (Å²) < 4.78 is 0. The molecule has 0 spiro atoms. The molecule has 0 aromatic heterocycles. The Bertz CT molecular complexity index is 603. The minimum atomic E-state index is -0.318. The van der Waals surface area contributed by atoms with Gasteiger partial charge in [-0.05, 0) is 29.5 Å². The topological polar surface area (TPSA) is 37.4 Å². The number of hydrogen-bond acceptors (Lipinski definition) is 2. The molecule has 2 amide bonds. The van der Waals surface area contributed by atoms with E-state index >= 15 is 0 Å². The lowest BCUT2D eigenvalue weighted by Crippen LogP contribution is -2.31. The van der Waals surface area contributed by atoms with Crippen LogP contribution in [-0.4, -0.2) is 19.7 Å². The largest absolute Gasteiger partial charge is 0.274 e. The summed E-state index contributed by atoms with van der Waals surface area (Å²) in [7, 11) is 6.18.